The number of nitriles is 1. The number of hydrogen-bond acceptors (Lipinski definition) is 4. The number of carbonyl (C=O) groups is 1. The molecule has 1 aromatic carbocycles. The van der Waals surface area contributed by atoms with Crippen LogP contribution >= 0.6 is 0 Å². The predicted molar refractivity (Wildman–Crippen MR) is 90.6 cm³/mol. The van der Waals surface area contributed by atoms with Gasteiger partial charge in [0, 0.05) is 31.6 Å². The van der Waals surface area contributed by atoms with E-state index < -0.39 is 15.4 Å². The van der Waals surface area contributed by atoms with E-state index in [0.29, 0.717) is 18.7 Å². The average Bonchev–Trinajstić information content (AvgIpc) is 2.61. The van der Waals surface area contributed by atoms with Gasteiger partial charge in [-0.25, -0.2) is 8.42 Å². The number of benzene rings is 1. The van der Waals surface area contributed by atoms with E-state index in [1.807, 2.05) is 26.8 Å². The first-order valence-corrected chi connectivity index (χ1v) is 9.46. The molecule has 0 atom stereocenters. The fourth-order valence-electron chi connectivity index (χ4n) is 2.56. The summed E-state index contributed by atoms with van der Waals surface area (Å²) in [6.07, 6.45) is 0.746. The molecule has 130 valence electrons. The Labute approximate surface area is 143 Å². The molecule has 0 bridgehead atoms. The number of piperazine rings is 1. The van der Waals surface area contributed by atoms with E-state index in [1.54, 1.807) is 4.90 Å². The maximum absolute atomic E-state index is 12.7. The van der Waals surface area contributed by atoms with Crippen LogP contribution in [0.4, 0.5) is 0 Å². The number of carbonyl (C=O) groups excluding carboxylic acids is 1. The molecular weight excluding hydrogens is 326 g/mol. The van der Waals surface area contributed by atoms with E-state index in [4.69, 9.17) is 5.26 Å². The molecule has 0 unspecified atom stereocenters. The zero-order chi connectivity index (χ0) is 18.0. The molecule has 1 amide bonds. The van der Waals surface area contributed by atoms with Gasteiger partial charge in [-0.3, -0.25) is 4.79 Å². The van der Waals surface area contributed by atoms with Gasteiger partial charge < -0.3 is 4.90 Å². The number of hydrogen-bond donors (Lipinski definition) is 0. The van der Waals surface area contributed by atoms with Gasteiger partial charge in [0.1, 0.15) is 0 Å². The normalized spacial score (nSPS) is 16.7. The Kier molecular flexibility index (Phi) is 5.31. The van der Waals surface area contributed by atoms with Crippen LogP contribution in [0.3, 0.4) is 0 Å². The van der Waals surface area contributed by atoms with Crippen molar-refractivity contribution in [1.82, 2.24) is 9.21 Å². The van der Waals surface area contributed by atoms with Crippen molar-refractivity contribution < 1.29 is 13.2 Å². The van der Waals surface area contributed by atoms with Gasteiger partial charge in [0.25, 0.3) is 0 Å². The van der Waals surface area contributed by atoms with Gasteiger partial charge in [0.05, 0.1) is 16.5 Å². The second-order valence-corrected chi connectivity index (χ2v) is 8.51. The van der Waals surface area contributed by atoms with Crippen molar-refractivity contribution >= 4 is 15.9 Å². The highest BCUT2D eigenvalue weighted by Crippen LogP contribution is 2.25. The maximum atomic E-state index is 12.7. The highest BCUT2D eigenvalue weighted by Gasteiger charge is 2.35. The lowest BCUT2D eigenvalue weighted by molar-refractivity contribution is -0.141. The molecule has 1 aromatic rings. The van der Waals surface area contributed by atoms with E-state index >= 15 is 0 Å². The van der Waals surface area contributed by atoms with Crippen LogP contribution in [0, 0.1) is 16.7 Å². The molecule has 0 N–H and O–H groups in total. The Balaban J connectivity index is 2.08. The predicted octanol–water partition coefficient (Wildman–Crippen LogP) is 1.83. The molecule has 2 rings (SSSR count). The Hall–Kier alpha value is -1.91. The van der Waals surface area contributed by atoms with Crippen molar-refractivity contribution in [1.29, 1.82) is 5.26 Å². The van der Waals surface area contributed by atoms with Crippen LogP contribution in [0.5, 0.6) is 0 Å². The lowest BCUT2D eigenvalue weighted by Gasteiger charge is -2.37. The SMILES string of the molecule is CCC(C)(C)C(=O)N1CCN(S(=O)(=O)c2ccc(C#N)cc2)CC1. The fourth-order valence-corrected chi connectivity index (χ4v) is 3.98. The third-order valence-electron chi connectivity index (χ3n) is 4.61. The van der Waals surface area contributed by atoms with Crippen molar-refractivity contribution in [2.45, 2.75) is 32.1 Å². The first kappa shape index (κ1) is 18.4. The lowest BCUT2D eigenvalue weighted by Crippen LogP contribution is -2.53. The van der Waals surface area contributed by atoms with Crippen LogP contribution < -0.4 is 0 Å². The van der Waals surface area contributed by atoms with E-state index in [9.17, 15) is 13.2 Å². The van der Waals surface area contributed by atoms with Crippen molar-refractivity contribution in [3.63, 3.8) is 0 Å². The van der Waals surface area contributed by atoms with Gasteiger partial charge in [0.15, 0.2) is 0 Å². The Morgan fingerprint density at radius 1 is 1.17 bits per heavy atom. The van der Waals surface area contributed by atoms with Gasteiger partial charge in [-0.05, 0) is 30.7 Å². The monoisotopic (exact) mass is 349 g/mol. The van der Waals surface area contributed by atoms with Crippen LogP contribution in [0.1, 0.15) is 32.8 Å². The molecule has 1 aliphatic rings. The molecule has 0 aromatic heterocycles. The van der Waals surface area contributed by atoms with E-state index in [-0.39, 0.29) is 23.9 Å². The van der Waals surface area contributed by atoms with Gasteiger partial charge in [-0.2, -0.15) is 9.57 Å². The average molecular weight is 349 g/mol. The smallest absolute Gasteiger partial charge is 0.243 e. The molecule has 0 radical (unpaired) electrons. The molecule has 1 aliphatic heterocycles. The summed E-state index contributed by atoms with van der Waals surface area (Å²) >= 11 is 0. The van der Waals surface area contributed by atoms with Crippen molar-refractivity contribution in [2.75, 3.05) is 26.2 Å². The van der Waals surface area contributed by atoms with Crippen LogP contribution in [-0.2, 0) is 14.8 Å². The largest absolute Gasteiger partial charge is 0.340 e. The molecule has 7 heteroatoms. The number of amides is 1. The summed E-state index contributed by atoms with van der Waals surface area (Å²) in [5.74, 6) is 0.0698. The maximum Gasteiger partial charge on any atom is 0.243 e. The van der Waals surface area contributed by atoms with Gasteiger partial charge in [-0.15, -0.1) is 0 Å². The molecular formula is C17H23N3O3S. The zero-order valence-corrected chi connectivity index (χ0v) is 15.1. The minimum Gasteiger partial charge on any atom is -0.340 e. The molecule has 6 nitrogen and oxygen atoms in total. The summed E-state index contributed by atoms with van der Waals surface area (Å²) in [5.41, 5.74) is -0.0000767. The van der Waals surface area contributed by atoms with Crippen LogP contribution in [0.2, 0.25) is 0 Å². The first-order valence-electron chi connectivity index (χ1n) is 8.02. The summed E-state index contributed by atoms with van der Waals surface area (Å²) in [4.78, 5) is 14.4. The molecule has 1 heterocycles. The summed E-state index contributed by atoms with van der Waals surface area (Å²) < 4.78 is 26.7. The fraction of sp³-hybridized carbons (Fsp3) is 0.529. The van der Waals surface area contributed by atoms with Gasteiger partial charge in [0.2, 0.25) is 15.9 Å². The number of rotatable bonds is 4. The molecule has 1 saturated heterocycles. The summed E-state index contributed by atoms with van der Waals surface area (Å²) in [6.45, 7) is 7.17. The molecule has 1 fully saturated rings. The molecule has 24 heavy (non-hydrogen) atoms. The molecule has 0 spiro atoms. The summed E-state index contributed by atoms with van der Waals surface area (Å²) in [6, 6.07) is 7.86. The van der Waals surface area contributed by atoms with E-state index in [1.165, 1.54) is 28.6 Å². The van der Waals surface area contributed by atoms with Crippen LogP contribution in [0.25, 0.3) is 0 Å². The minimum atomic E-state index is -3.59. The zero-order valence-electron chi connectivity index (χ0n) is 14.3. The summed E-state index contributed by atoms with van der Waals surface area (Å²) in [5, 5.41) is 8.80. The first-order chi connectivity index (χ1) is 11.2. The molecule has 0 aliphatic carbocycles. The summed E-state index contributed by atoms with van der Waals surface area (Å²) in [7, 11) is -3.59. The second kappa shape index (κ2) is 6.91. The van der Waals surface area contributed by atoms with E-state index in [0.717, 1.165) is 6.42 Å². The highest BCUT2D eigenvalue weighted by atomic mass is 32.2. The lowest BCUT2D eigenvalue weighted by atomic mass is 9.88. The van der Waals surface area contributed by atoms with Crippen LogP contribution in [0.15, 0.2) is 29.2 Å². The Morgan fingerprint density at radius 3 is 2.17 bits per heavy atom. The Morgan fingerprint density at radius 2 is 1.71 bits per heavy atom. The highest BCUT2D eigenvalue weighted by molar-refractivity contribution is 7.89. The molecule has 0 saturated carbocycles. The number of sulfonamides is 1. The van der Waals surface area contributed by atoms with Crippen molar-refractivity contribution in [3.8, 4) is 6.07 Å². The standard InChI is InChI=1S/C17H23N3O3S/c1-4-17(2,3)16(21)19-9-11-20(12-10-19)24(22,23)15-7-5-14(13-18)6-8-15/h5-8H,4,9-12H2,1-3H3. The number of nitrogens with zero attached hydrogens (tertiary/aromatic N) is 3. The Bertz CT molecular complexity index is 740. The minimum absolute atomic E-state index is 0.0698. The van der Waals surface area contributed by atoms with Gasteiger partial charge >= 0.3 is 0 Å². The quantitative estimate of drug-likeness (QED) is 0.830. The third-order valence-corrected chi connectivity index (χ3v) is 6.52. The van der Waals surface area contributed by atoms with E-state index in [2.05, 4.69) is 0 Å². The van der Waals surface area contributed by atoms with Crippen molar-refractivity contribution in [2.24, 2.45) is 5.41 Å². The topological polar surface area (TPSA) is 81.5 Å². The van der Waals surface area contributed by atoms with Gasteiger partial charge in [-0.1, -0.05) is 20.8 Å². The van der Waals surface area contributed by atoms with Crippen molar-refractivity contribution in [3.05, 3.63) is 29.8 Å². The second-order valence-electron chi connectivity index (χ2n) is 6.57. The third kappa shape index (κ3) is 3.60. The van der Waals surface area contributed by atoms with Crippen LogP contribution in [-0.4, -0.2) is 49.7 Å².